The Labute approximate surface area is 113 Å². The molecule has 0 rings (SSSR count). The molecule has 18 heavy (non-hydrogen) atoms. The first-order valence-electron chi connectivity index (χ1n) is 6.15. The lowest BCUT2D eigenvalue weighted by atomic mass is 9.77. The van der Waals surface area contributed by atoms with Crippen molar-refractivity contribution in [2.75, 3.05) is 13.6 Å². The highest BCUT2D eigenvalue weighted by atomic mass is 32.1. The van der Waals surface area contributed by atoms with Crippen molar-refractivity contribution < 1.29 is 13.6 Å². The second-order valence-corrected chi connectivity index (χ2v) is 4.96. The third-order valence-electron chi connectivity index (χ3n) is 2.99. The minimum atomic E-state index is -2.55. The second-order valence-electron chi connectivity index (χ2n) is 4.52. The number of carbonyl (C=O) groups is 1. The molecule has 0 aliphatic rings. The first-order valence-corrected chi connectivity index (χ1v) is 6.56. The summed E-state index contributed by atoms with van der Waals surface area (Å²) in [5.74, 6) is -0.390. The van der Waals surface area contributed by atoms with Crippen LogP contribution in [0.5, 0.6) is 0 Å². The maximum atomic E-state index is 12.3. The predicted octanol–water partition coefficient (Wildman–Crippen LogP) is 2.58. The fourth-order valence-corrected chi connectivity index (χ4v) is 2.49. The lowest BCUT2D eigenvalue weighted by Crippen LogP contribution is -2.50. The fraction of sp³-hybridized carbons (Fsp3) is 0.833. The number of hydrogen-bond acceptors (Lipinski definition) is 2. The average Bonchev–Trinajstić information content (AvgIpc) is 2.26. The third kappa shape index (κ3) is 4.15. The SMILES string of the molecule is CCCC(CCC)(C(=O)N(C)CC(F)F)C(N)=S. The van der Waals surface area contributed by atoms with Gasteiger partial charge in [-0.1, -0.05) is 38.9 Å². The molecule has 0 aromatic rings. The van der Waals surface area contributed by atoms with Gasteiger partial charge in [0.2, 0.25) is 5.91 Å². The number of halogens is 2. The Balaban J connectivity index is 5.15. The van der Waals surface area contributed by atoms with Crippen LogP contribution in [0.4, 0.5) is 8.78 Å². The van der Waals surface area contributed by atoms with Crippen molar-refractivity contribution in [2.45, 2.75) is 46.0 Å². The largest absolute Gasteiger partial charge is 0.392 e. The van der Waals surface area contributed by atoms with Gasteiger partial charge >= 0.3 is 0 Å². The topological polar surface area (TPSA) is 46.3 Å². The molecule has 0 unspecified atom stereocenters. The Morgan fingerprint density at radius 3 is 2.06 bits per heavy atom. The van der Waals surface area contributed by atoms with Crippen molar-refractivity contribution in [2.24, 2.45) is 11.1 Å². The van der Waals surface area contributed by atoms with Crippen LogP contribution in [-0.2, 0) is 4.79 Å². The maximum Gasteiger partial charge on any atom is 0.255 e. The summed E-state index contributed by atoms with van der Waals surface area (Å²) in [6.07, 6.45) is -0.0891. The van der Waals surface area contributed by atoms with Gasteiger partial charge < -0.3 is 10.6 Å². The standard InChI is InChI=1S/C12H22F2N2OS/c1-4-6-12(7-5-2,10(15)18)11(17)16(3)8-9(13)14/h9H,4-8H2,1-3H3,(H2,15,18). The molecule has 106 valence electrons. The highest BCUT2D eigenvalue weighted by Gasteiger charge is 2.41. The van der Waals surface area contributed by atoms with Gasteiger partial charge in [0.15, 0.2) is 0 Å². The number of nitrogens with two attached hydrogens (primary N) is 1. The van der Waals surface area contributed by atoms with Crippen molar-refractivity contribution in [1.29, 1.82) is 0 Å². The zero-order valence-corrected chi connectivity index (χ0v) is 12.0. The molecule has 0 atom stereocenters. The van der Waals surface area contributed by atoms with Crippen LogP contribution >= 0.6 is 12.2 Å². The van der Waals surface area contributed by atoms with Gasteiger partial charge in [0.25, 0.3) is 6.43 Å². The quantitative estimate of drug-likeness (QED) is 0.695. The average molecular weight is 280 g/mol. The molecule has 1 amide bonds. The number of hydrogen-bond donors (Lipinski definition) is 1. The lowest BCUT2D eigenvalue weighted by Gasteiger charge is -2.34. The van der Waals surface area contributed by atoms with Gasteiger partial charge in [0.05, 0.1) is 16.9 Å². The first kappa shape index (κ1) is 17.2. The van der Waals surface area contributed by atoms with E-state index < -0.39 is 18.4 Å². The molecular formula is C12H22F2N2OS. The Hall–Kier alpha value is -0.780. The predicted molar refractivity (Wildman–Crippen MR) is 72.7 cm³/mol. The Morgan fingerprint density at radius 2 is 1.78 bits per heavy atom. The van der Waals surface area contributed by atoms with Gasteiger partial charge in [-0.3, -0.25) is 4.79 Å². The van der Waals surface area contributed by atoms with Crippen LogP contribution in [-0.4, -0.2) is 35.8 Å². The Kier molecular flexibility index (Phi) is 7.28. The molecule has 0 saturated heterocycles. The van der Waals surface area contributed by atoms with Gasteiger partial charge in [-0.05, 0) is 12.8 Å². The van der Waals surface area contributed by atoms with E-state index in [2.05, 4.69) is 0 Å². The molecule has 2 N–H and O–H groups in total. The fourth-order valence-electron chi connectivity index (χ4n) is 2.20. The van der Waals surface area contributed by atoms with Crippen LogP contribution in [0.2, 0.25) is 0 Å². The zero-order valence-electron chi connectivity index (χ0n) is 11.2. The summed E-state index contributed by atoms with van der Waals surface area (Å²) in [4.78, 5) is 13.5. The zero-order chi connectivity index (χ0) is 14.3. The van der Waals surface area contributed by atoms with Crippen LogP contribution in [0.15, 0.2) is 0 Å². The van der Waals surface area contributed by atoms with Crippen LogP contribution in [0.1, 0.15) is 39.5 Å². The van der Waals surface area contributed by atoms with Crippen LogP contribution in [0, 0.1) is 5.41 Å². The van der Waals surface area contributed by atoms with E-state index in [4.69, 9.17) is 18.0 Å². The van der Waals surface area contributed by atoms with Crippen molar-refractivity contribution in [1.82, 2.24) is 4.90 Å². The van der Waals surface area contributed by atoms with E-state index in [1.807, 2.05) is 13.8 Å². The number of rotatable bonds is 8. The van der Waals surface area contributed by atoms with Gasteiger partial charge in [-0.25, -0.2) is 8.78 Å². The van der Waals surface area contributed by atoms with Crippen LogP contribution in [0.3, 0.4) is 0 Å². The molecule has 6 heteroatoms. The molecular weight excluding hydrogens is 258 g/mol. The molecule has 0 radical (unpaired) electrons. The van der Waals surface area contributed by atoms with E-state index in [9.17, 15) is 13.6 Å². The van der Waals surface area contributed by atoms with Gasteiger partial charge in [-0.15, -0.1) is 0 Å². The number of amides is 1. The summed E-state index contributed by atoms with van der Waals surface area (Å²) in [7, 11) is 1.37. The molecule has 0 aromatic heterocycles. The van der Waals surface area contributed by atoms with E-state index in [1.165, 1.54) is 7.05 Å². The number of alkyl halides is 2. The summed E-state index contributed by atoms with van der Waals surface area (Å²) >= 11 is 5.01. The van der Waals surface area contributed by atoms with Crippen LogP contribution < -0.4 is 5.73 Å². The van der Waals surface area contributed by atoms with Gasteiger partial charge in [0, 0.05) is 7.05 Å². The van der Waals surface area contributed by atoms with Crippen LogP contribution in [0.25, 0.3) is 0 Å². The molecule has 0 fully saturated rings. The van der Waals surface area contributed by atoms with E-state index in [1.54, 1.807) is 0 Å². The molecule has 0 bridgehead atoms. The normalized spacial score (nSPS) is 11.7. The molecule has 0 spiro atoms. The van der Waals surface area contributed by atoms with E-state index >= 15 is 0 Å². The summed E-state index contributed by atoms with van der Waals surface area (Å²) in [6.45, 7) is 3.25. The monoisotopic (exact) mass is 280 g/mol. The molecule has 0 heterocycles. The van der Waals surface area contributed by atoms with E-state index in [-0.39, 0.29) is 10.9 Å². The molecule has 0 saturated carbocycles. The van der Waals surface area contributed by atoms with E-state index in [0.29, 0.717) is 12.8 Å². The number of thiocarbonyl (C=S) groups is 1. The summed E-state index contributed by atoms with van der Waals surface area (Å²) in [5.41, 5.74) is 4.74. The Bertz CT molecular complexity index is 292. The summed E-state index contributed by atoms with van der Waals surface area (Å²) < 4.78 is 24.7. The minimum Gasteiger partial charge on any atom is -0.392 e. The third-order valence-corrected chi connectivity index (χ3v) is 3.38. The first-order chi connectivity index (χ1) is 8.31. The number of nitrogens with zero attached hydrogens (tertiary/aromatic N) is 1. The lowest BCUT2D eigenvalue weighted by molar-refractivity contribution is -0.139. The summed E-state index contributed by atoms with van der Waals surface area (Å²) in [6, 6.07) is 0. The molecule has 0 aliphatic carbocycles. The highest BCUT2D eigenvalue weighted by Crippen LogP contribution is 2.32. The van der Waals surface area contributed by atoms with Gasteiger partial charge in [0.1, 0.15) is 0 Å². The molecule has 3 nitrogen and oxygen atoms in total. The number of carbonyl (C=O) groups excluding carboxylic acids is 1. The molecule has 0 aliphatic heterocycles. The van der Waals surface area contributed by atoms with Gasteiger partial charge in [-0.2, -0.15) is 0 Å². The van der Waals surface area contributed by atoms with Crippen molar-refractivity contribution in [3.63, 3.8) is 0 Å². The van der Waals surface area contributed by atoms with Crippen molar-refractivity contribution in [3.05, 3.63) is 0 Å². The summed E-state index contributed by atoms with van der Waals surface area (Å²) in [5, 5.41) is 0. The minimum absolute atomic E-state index is 0.109. The maximum absolute atomic E-state index is 12.3. The molecule has 0 aromatic carbocycles. The van der Waals surface area contributed by atoms with E-state index in [0.717, 1.165) is 17.7 Å². The Morgan fingerprint density at radius 1 is 1.33 bits per heavy atom. The van der Waals surface area contributed by atoms with Crippen molar-refractivity contribution in [3.8, 4) is 0 Å². The highest BCUT2D eigenvalue weighted by molar-refractivity contribution is 7.80. The second kappa shape index (κ2) is 7.61. The van der Waals surface area contributed by atoms with Crippen molar-refractivity contribution >= 4 is 23.1 Å². The smallest absolute Gasteiger partial charge is 0.255 e.